The molecule has 2 aliphatic heterocycles. The Kier molecular flexibility index (Phi) is 6.37. The monoisotopic (exact) mass is 424 g/mol. The second kappa shape index (κ2) is 9.00. The average Bonchev–Trinajstić information content (AvgIpc) is 3.24. The number of carbonyl (C=O) groups is 1. The number of piperazine rings is 1. The van der Waals surface area contributed by atoms with Gasteiger partial charge in [0, 0.05) is 61.7 Å². The molecule has 4 heterocycles. The molecule has 0 aliphatic carbocycles. The minimum absolute atomic E-state index is 0.252. The van der Waals surface area contributed by atoms with Crippen LogP contribution in [0.3, 0.4) is 0 Å². The van der Waals surface area contributed by atoms with Gasteiger partial charge in [0.15, 0.2) is 5.78 Å². The number of thiophene rings is 1. The Morgan fingerprint density at radius 3 is 2.67 bits per heavy atom. The van der Waals surface area contributed by atoms with Gasteiger partial charge in [-0.25, -0.2) is 4.98 Å². The van der Waals surface area contributed by atoms with Gasteiger partial charge in [0.05, 0.1) is 5.69 Å². The summed E-state index contributed by atoms with van der Waals surface area (Å²) >= 11 is 1.80. The van der Waals surface area contributed by atoms with Crippen molar-refractivity contribution in [2.75, 3.05) is 57.8 Å². The molecule has 2 saturated heterocycles. The first-order chi connectivity index (χ1) is 14.4. The molecular formula is C24H32N4OS. The summed E-state index contributed by atoms with van der Waals surface area (Å²) in [5.74, 6) is 1.26. The number of ketones is 1. The van der Waals surface area contributed by atoms with Gasteiger partial charge in [0.1, 0.15) is 5.82 Å². The van der Waals surface area contributed by atoms with Crippen molar-refractivity contribution in [3.63, 3.8) is 0 Å². The van der Waals surface area contributed by atoms with Gasteiger partial charge in [-0.15, -0.1) is 11.3 Å². The smallest absolute Gasteiger partial charge is 0.167 e. The van der Waals surface area contributed by atoms with Gasteiger partial charge in [-0.1, -0.05) is 26.0 Å². The number of hydrogen-bond acceptors (Lipinski definition) is 6. The highest BCUT2D eigenvalue weighted by atomic mass is 32.1. The van der Waals surface area contributed by atoms with Crippen LogP contribution in [0.2, 0.25) is 0 Å². The second-order valence-electron chi connectivity index (χ2n) is 9.13. The molecule has 0 amide bonds. The zero-order valence-corrected chi connectivity index (χ0v) is 19.1. The van der Waals surface area contributed by atoms with Gasteiger partial charge in [-0.05, 0) is 43.1 Å². The number of likely N-dealkylation sites (N-methyl/N-ethyl adjacent to an activating group) is 1. The molecular weight excluding hydrogens is 392 g/mol. The number of aromatic nitrogens is 1. The number of anilines is 1. The molecule has 0 bridgehead atoms. The van der Waals surface area contributed by atoms with Crippen molar-refractivity contribution < 1.29 is 4.79 Å². The van der Waals surface area contributed by atoms with E-state index >= 15 is 0 Å². The molecule has 0 aromatic carbocycles. The lowest BCUT2D eigenvalue weighted by Crippen LogP contribution is -2.48. The summed E-state index contributed by atoms with van der Waals surface area (Å²) < 4.78 is 0. The molecule has 2 aromatic rings. The third kappa shape index (κ3) is 4.99. The Bertz CT molecular complexity index is 898. The van der Waals surface area contributed by atoms with Gasteiger partial charge >= 0.3 is 0 Å². The van der Waals surface area contributed by atoms with E-state index in [0.29, 0.717) is 6.54 Å². The van der Waals surface area contributed by atoms with E-state index in [2.05, 4.69) is 65.2 Å². The minimum Gasteiger partial charge on any atom is -0.354 e. The van der Waals surface area contributed by atoms with Crippen LogP contribution in [0.1, 0.15) is 24.4 Å². The predicted molar refractivity (Wildman–Crippen MR) is 125 cm³/mol. The molecule has 0 atom stereocenters. The molecule has 160 valence electrons. The first-order valence-electron chi connectivity index (χ1n) is 10.8. The molecule has 0 saturated carbocycles. The topological polar surface area (TPSA) is 39.7 Å². The number of carbonyl (C=O) groups excluding carboxylic acids is 1. The average molecular weight is 425 g/mol. The molecule has 0 unspecified atom stereocenters. The Morgan fingerprint density at radius 2 is 1.93 bits per heavy atom. The summed E-state index contributed by atoms with van der Waals surface area (Å²) in [6.07, 6.45) is 3.05. The van der Waals surface area contributed by atoms with E-state index in [0.717, 1.165) is 62.8 Å². The normalized spacial score (nSPS) is 22.0. The fourth-order valence-electron chi connectivity index (χ4n) is 4.34. The Morgan fingerprint density at radius 1 is 1.13 bits per heavy atom. The molecule has 30 heavy (non-hydrogen) atoms. The lowest BCUT2D eigenvalue weighted by Gasteiger charge is -2.38. The highest BCUT2D eigenvalue weighted by molar-refractivity contribution is 7.09. The van der Waals surface area contributed by atoms with Crippen LogP contribution < -0.4 is 4.90 Å². The van der Waals surface area contributed by atoms with Crippen LogP contribution in [0.4, 0.5) is 5.82 Å². The zero-order valence-electron chi connectivity index (χ0n) is 18.3. The third-order valence-corrected chi connectivity index (χ3v) is 7.02. The number of pyridine rings is 1. The van der Waals surface area contributed by atoms with E-state index in [9.17, 15) is 4.79 Å². The Labute approximate surface area is 184 Å². The van der Waals surface area contributed by atoms with Crippen LogP contribution in [-0.2, 0) is 11.2 Å². The molecule has 0 N–H and O–H groups in total. The summed E-state index contributed by atoms with van der Waals surface area (Å²) in [4.78, 5) is 26.5. The molecule has 6 heteroatoms. The van der Waals surface area contributed by atoms with E-state index in [1.54, 1.807) is 11.3 Å². The molecule has 2 fully saturated rings. The van der Waals surface area contributed by atoms with E-state index in [1.165, 1.54) is 4.88 Å². The molecule has 2 aliphatic rings. The van der Waals surface area contributed by atoms with Gasteiger partial charge < -0.3 is 9.80 Å². The maximum Gasteiger partial charge on any atom is 0.167 e. The molecule has 5 nitrogen and oxygen atoms in total. The van der Waals surface area contributed by atoms with Gasteiger partial charge in [0.25, 0.3) is 0 Å². The summed E-state index contributed by atoms with van der Waals surface area (Å²) in [6, 6.07) is 10.4. The van der Waals surface area contributed by atoms with Crippen molar-refractivity contribution in [3.8, 4) is 0 Å². The SMILES string of the molecule is CN1CCN(c2cccc(/C=C3\CN(CCc4cccs4)CC(C)(C)C3=O)n2)CC1. The lowest BCUT2D eigenvalue weighted by molar-refractivity contribution is -0.126. The molecule has 4 rings (SSSR count). The highest BCUT2D eigenvalue weighted by Gasteiger charge is 2.37. The first-order valence-corrected chi connectivity index (χ1v) is 11.7. The second-order valence-corrected chi connectivity index (χ2v) is 10.2. The summed E-state index contributed by atoms with van der Waals surface area (Å²) in [5.41, 5.74) is 1.39. The zero-order chi connectivity index (χ0) is 21.1. The molecule has 2 aromatic heterocycles. The van der Waals surface area contributed by atoms with Crippen molar-refractivity contribution in [3.05, 3.63) is 51.9 Å². The quantitative estimate of drug-likeness (QED) is 0.688. The largest absolute Gasteiger partial charge is 0.354 e. The number of hydrogen-bond donors (Lipinski definition) is 0. The van der Waals surface area contributed by atoms with Crippen LogP contribution in [0.15, 0.2) is 41.3 Å². The van der Waals surface area contributed by atoms with E-state index in [1.807, 2.05) is 12.1 Å². The van der Waals surface area contributed by atoms with Crippen LogP contribution >= 0.6 is 11.3 Å². The van der Waals surface area contributed by atoms with Crippen LogP contribution in [0.25, 0.3) is 6.08 Å². The lowest BCUT2D eigenvalue weighted by atomic mass is 9.79. The van der Waals surface area contributed by atoms with Crippen LogP contribution in [0, 0.1) is 5.41 Å². The third-order valence-electron chi connectivity index (χ3n) is 6.08. The van der Waals surface area contributed by atoms with E-state index in [4.69, 9.17) is 4.98 Å². The van der Waals surface area contributed by atoms with E-state index in [-0.39, 0.29) is 11.2 Å². The molecule has 0 spiro atoms. The van der Waals surface area contributed by atoms with Crippen molar-refractivity contribution in [2.24, 2.45) is 5.41 Å². The first kappa shape index (κ1) is 21.2. The predicted octanol–water partition coefficient (Wildman–Crippen LogP) is 3.43. The van der Waals surface area contributed by atoms with Crippen LogP contribution in [-0.4, -0.2) is 73.4 Å². The maximum absolute atomic E-state index is 13.1. The van der Waals surface area contributed by atoms with Crippen LogP contribution in [0.5, 0.6) is 0 Å². The van der Waals surface area contributed by atoms with Gasteiger partial charge in [-0.2, -0.15) is 0 Å². The number of nitrogens with zero attached hydrogens (tertiary/aromatic N) is 4. The van der Waals surface area contributed by atoms with Gasteiger partial charge in [-0.3, -0.25) is 9.69 Å². The minimum atomic E-state index is -0.366. The fourth-order valence-corrected chi connectivity index (χ4v) is 5.03. The standard InChI is InChI=1S/C24H32N4OS/c1-24(2)18-27(10-9-21-7-5-15-30-21)17-19(23(24)29)16-20-6-4-8-22(25-20)28-13-11-26(3)12-14-28/h4-8,15-16H,9-14,17-18H2,1-3H3/b19-16+. The van der Waals surface area contributed by atoms with Crippen molar-refractivity contribution >= 4 is 29.0 Å². The number of piperidine rings is 1. The number of Topliss-reactive ketones (excluding diaryl/α,β-unsaturated/α-hetero) is 1. The number of likely N-dealkylation sites (tertiary alicyclic amines) is 1. The Balaban J connectivity index is 1.50. The summed E-state index contributed by atoms with van der Waals surface area (Å²) in [6.45, 7) is 10.7. The number of rotatable bonds is 5. The van der Waals surface area contributed by atoms with Crippen molar-refractivity contribution in [2.45, 2.75) is 20.3 Å². The molecule has 0 radical (unpaired) electrons. The highest BCUT2D eigenvalue weighted by Crippen LogP contribution is 2.30. The maximum atomic E-state index is 13.1. The Hall–Kier alpha value is -2.02. The summed E-state index contributed by atoms with van der Waals surface area (Å²) in [5, 5.41) is 2.13. The van der Waals surface area contributed by atoms with Crippen molar-refractivity contribution in [1.82, 2.24) is 14.8 Å². The summed E-state index contributed by atoms with van der Waals surface area (Å²) in [7, 11) is 2.16. The fraction of sp³-hybridized carbons (Fsp3) is 0.500. The van der Waals surface area contributed by atoms with E-state index < -0.39 is 0 Å². The van der Waals surface area contributed by atoms with Crippen molar-refractivity contribution in [1.29, 1.82) is 0 Å². The van der Waals surface area contributed by atoms with Gasteiger partial charge in [0.2, 0.25) is 0 Å².